The van der Waals surface area contributed by atoms with Crippen molar-refractivity contribution in [3.8, 4) is 11.3 Å². The van der Waals surface area contributed by atoms with Gasteiger partial charge in [0, 0.05) is 37.8 Å². The number of hydrogen-bond donors (Lipinski definition) is 2. The molecule has 3 atom stereocenters. The van der Waals surface area contributed by atoms with Gasteiger partial charge in [-0.3, -0.25) is 19.1 Å². The van der Waals surface area contributed by atoms with Gasteiger partial charge in [0.15, 0.2) is 5.65 Å². The smallest absolute Gasteiger partial charge is 0.266 e. The minimum Gasteiger partial charge on any atom is -0.336 e. The topological polar surface area (TPSA) is 111 Å². The van der Waals surface area contributed by atoms with Crippen molar-refractivity contribution in [3.05, 3.63) is 32.7 Å². The van der Waals surface area contributed by atoms with Crippen molar-refractivity contribution in [2.24, 2.45) is 19.8 Å². The maximum atomic E-state index is 13.5. The molecule has 166 valence electrons. The second-order valence-corrected chi connectivity index (χ2v) is 9.57. The fourth-order valence-corrected chi connectivity index (χ4v) is 6.03. The molecule has 6 rings (SSSR count). The molecule has 2 bridgehead atoms. The van der Waals surface area contributed by atoms with Crippen LogP contribution in [-0.4, -0.2) is 47.7 Å². The Morgan fingerprint density at radius 1 is 1.12 bits per heavy atom. The molecule has 2 saturated heterocycles. The monoisotopic (exact) mass is 472 g/mol. The zero-order chi connectivity index (χ0) is 22.3. The second-order valence-electron chi connectivity index (χ2n) is 8.83. The Kier molecular flexibility index (Phi) is 4.34. The number of aryl methyl sites for hydroxylation is 1. The Balaban J connectivity index is 1.53. The molecular weight excluding hydrogens is 451 g/mol. The maximum absolute atomic E-state index is 13.5. The van der Waals surface area contributed by atoms with Crippen molar-refractivity contribution >= 4 is 51.1 Å². The van der Waals surface area contributed by atoms with Gasteiger partial charge >= 0.3 is 0 Å². The first-order valence-corrected chi connectivity index (χ1v) is 11.4. The molecule has 0 radical (unpaired) electrons. The highest BCUT2D eigenvalue weighted by Crippen LogP contribution is 2.40. The largest absolute Gasteiger partial charge is 0.336 e. The third kappa shape index (κ3) is 2.68. The lowest BCUT2D eigenvalue weighted by Crippen LogP contribution is -2.49. The van der Waals surface area contributed by atoms with Crippen molar-refractivity contribution < 1.29 is 0 Å². The molecule has 0 aliphatic carbocycles. The van der Waals surface area contributed by atoms with Gasteiger partial charge in [0.2, 0.25) is 5.95 Å². The number of halogens is 2. The summed E-state index contributed by atoms with van der Waals surface area (Å²) in [6, 6.07) is 4.46. The molecule has 2 aliphatic heterocycles. The Labute approximate surface area is 193 Å². The molecule has 1 aromatic carbocycles. The highest BCUT2D eigenvalue weighted by molar-refractivity contribution is 6.43. The van der Waals surface area contributed by atoms with E-state index < -0.39 is 0 Å². The number of nitrogens with zero attached hydrogens (tertiary/aromatic N) is 6. The molecule has 0 spiro atoms. The summed E-state index contributed by atoms with van der Waals surface area (Å²) in [4.78, 5) is 20.6. The maximum Gasteiger partial charge on any atom is 0.266 e. The molecule has 3 aromatic heterocycles. The van der Waals surface area contributed by atoms with Gasteiger partial charge in [0.1, 0.15) is 16.2 Å². The van der Waals surface area contributed by atoms with E-state index in [4.69, 9.17) is 33.9 Å². The third-order valence-electron chi connectivity index (χ3n) is 6.90. The van der Waals surface area contributed by atoms with Gasteiger partial charge < -0.3 is 10.6 Å². The number of anilines is 1. The Bertz CT molecular complexity index is 1440. The van der Waals surface area contributed by atoms with Crippen molar-refractivity contribution in [1.82, 2.24) is 29.5 Å². The predicted octanol–water partition coefficient (Wildman–Crippen LogP) is 2.98. The molecular formula is C21H22Cl2N8O. The first-order chi connectivity index (χ1) is 15.3. The number of aromatic nitrogens is 6. The number of hydrogen-bond acceptors (Lipinski definition) is 6. The van der Waals surface area contributed by atoms with Crippen LogP contribution >= 0.6 is 23.2 Å². The van der Waals surface area contributed by atoms with Crippen molar-refractivity contribution in [1.29, 1.82) is 0 Å². The van der Waals surface area contributed by atoms with Crippen LogP contribution in [0.15, 0.2) is 16.9 Å². The minimum atomic E-state index is -0.170. The van der Waals surface area contributed by atoms with Crippen LogP contribution in [-0.2, 0) is 14.1 Å². The first kappa shape index (κ1) is 20.0. The molecule has 0 saturated carbocycles. The van der Waals surface area contributed by atoms with E-state index in [1.165, 1.54) is 0 Å². The summed E-state index contributed by atoms with van der Waals surface area (Å²) in [6.07, 6.45) is 3.98. The number of aromatic amines is 1. The Hall–Kier alpha value is -2.62. The molecule has 0 unspecified atom stereocenters. The van der Waals surface area contributed by atoms with Crippen LogP contribution in [0.2, 0.25) is 10.2 Å². The average Bonchev–Trinajstić information content (AvgIpc) is 3.38. The number of nitrogens with two attached hydrogens (primary N) is 1. The molecule has 5 heterocycles. The standard InChI is InChI=1S/C21H22Cl2N8O/c1-29-20(32)15-17(12-5-6-13-14(16(12)22)18(23)30(2)28-13)26-27-19(15)25-21(29)31-10-3-4-11(31)8-9(24)7-10/h5-6,9-11H,3-4,7-8,24H2,1-2H3,(H,26,27)/t9-,10+,11-. The van der Waals surface area contributed by atoms with E-state index in [2.05, 4.69) is 20.2 Å². The first-order valence-electron chi connectivity index (χ1n) is 10.6. The van der Waals surface area contributed by atoms with Crippen molar-refractivity contribution in [2.75, 3.05) is 4.90 Å². The summed E-state index contributed by atoms with van der Waals surface area (Å²) < 4.78 is 3.18. The van der Waals surface area contributed by atoms with E-state index in [1.807, 2.05) is 12.1 Å². The van der Waals surface area contributed by atoms with E-state index in [1.54, 1.807) is 23.3 Å². The molecule has 2 aliphatic rings. The van der Waals surface area contributed by atoms with Crippen LogP contribution in [0, 0.1) is 0 Å². The van der Waals surface area contributed by atoms with E-state index in [0.717, 1.165) is 25.7 Å². The summed E-state index contributed by atoms with van der Waals surface area (Å²) in [5.74, 6) is 0.661. The molecule has 4 aromatic rings. The lowest BCUT2D eigenvalue weighted by atomic mass is 9.98. The number of piperidine rings is 1. The normalized spacial score (nSPS) is 23.0. The van der Waals surface area contributed by atoms with E-state index >= 15 is 0 Å². The second kappa shape index (κ2) is 6.94. The molecule has 9 nitrogen and oxygen atoms in total. The average molecular weight is 473 g/mol. The van der Waals surface area contributed by atoms with Crippen molar-refractivity contribution in [3.63, 3.8) is 0 Å². The highest BCUT2D eigenvalue weighted by Gasteiger charge is 2.41. The van der Waals surface area contributed by atoms with E-state index in [-0.39, 0.29) is 11.6 Å². The van der Waals surface area contributed by atoms with Crippen LogP contribution in [0.25, 0.3) is 33.2 Å². The Morgan fingerprint density at radius 3 is 2.56 bits per heavy atom. The zero-order valence-electron chi connectivity index (χ0n) is 17.6. The van der Waals surface area contributed by atoms with Gasteiger partial charge in [-0.25, -0.2) is 0 Å². The van der Waals surface area contributed by atoms with Gasteiger partial charge in [-0.15, -0.1) is 0 Å². The number of rotatable bonds is 2. The summed E-state index contributed by atoms with van der Waals surface area (Å²) in [5.41, 5.74) is 8.24. The van der Waals surface area contributed by atoms with Crippen LogP contribution < -0.4 is 16.2 Å². The van der Waals surface area contributed by atoms with Gasteiger partial charge in [-0.2, -0.15) is 15.2 Å². The number of benzene rings is 1. The number of fused-ring (bicyclic) bond motifs is 4. The predicted molar refractivity (Wildman–Crippen MR) is 125 cm³/mol. The Morgan fingerprint density at radius 2 is 1.84 bits per heavy atom. The summed E-state index contributed by atoms with van der Waals surface area (Å²) in [5, 5.41) is 13.6. The van der Waals surface area contributed by atoms with Gasteiger partial charge in [0.05, 0.1) is 15.9 Å². The van der Waals surface area contributed by atoms with Crippen LogP contribution in [0.1, 0.15) is 25.7 Å². The highest BCUT2D eigenvalue weighted by atomic mass is 35.5. The van der Waals surface area contributed by atoms with E-state index in [0.29, 0.717) is 61.4 Å². The summed E-state index contributed by atoms with van der Waals surface area (Å²) in [7, 11) is 3.52. The van der Waals surface area contributed by atoms with E-state index in [9.17, 15) is 4.79 Å². The zero-order valence-corrected chi connectivity index (χ0v) is 19.2. The lowest BCUT2D eigenvalue weighted by Gasteiger charge is -2.38. The van der Waals surface area contributed by atoms with Crippen LogP contribution in [0.4, 0.5) is 5.95 Å². The summed E-state index contributed by atoms with van der Waals surface area (Å²) in [6.45, 7) is 0. The van der Waals surface area contributed by atoms with Crippen molar-refractivity contribution in [2.45, 2.75) is 43.8 Å². The quantitative estimate of drug-likeness (QED) is 0.463. The molecule has 3 N–H and O–H groups in total. The molecule has 2 fully saturated rings. The fraction of sp³-hybridized carbons (Fsp3) is 0.429. The van der Waals surface area contributed by atoms with Crippen LogP contribution in [0.5, 0.6) is 0 Å². The number of H-pyrrole nitrogens is 1. The van der Waals surface area contributed by atoms with Gasteiger partial charge in [0.25, 0.3) is 5.56 Å². The lowest BCUT2D eigenvalue weighted by molar-refractivity contribution is 0.405. The number of nitrogens with one attached hydrogen (secondary N) is 1. The minimum absolute atomic E-state index is 0.170. The fourth-order valence-electron chi connectivity index (χ4n) is 5.42. The van der Waals surface area contributed by atoms with Crippen LogP contribution in [0.3, 0.4) is 0 Å². The van der Waals surface area contributed by atoms with Gasteiger partial charge in [-0.05, 0) is 37.8 Å². The third-order valence-corrected chi connectivity index (χ3v) is 7.73. The molecule has 32 heavy (non-hydrogen) atoms. The molecule has 11 heteroatoms. The molecule has 0 amide bonds. The SMILES string of the molecule is Cn1nc2ccc(-c3n[nH]c4nc(N5[C@@H]6CC[C@H]5C[C@@H](N)C6)n(C)c(=O)c34)c(Cl)c2c1Cl. The summed E-state index contributed by atoms with van der Waals surface area (Å²) >= 11 is 13.1. The van der Waals surface area contributed by atoms with Gasteiger partial charge in [-0.1, -0.05) is 23.2 Å².